The van der Waals surface area contributed by atoms with E-state index in [0.717, 1.165) is 28.5 Å². The molecule has 0 spiro atoms. The summed E-state index contributed by atoms with van der Waals surface area (Å²) in [6, 6.07) is 14.9. The third-order valence-corrected chi connectivity index (χ3v) is 8.00. The number of para-hydroxylation sites is 2. The van der Waals surface area contributed by atoms with Crippen molar-refractivity contribution in [3.8, 4) is 17.5 Å². The molecular weight excluding hydrogens is 432 g/mol. The zero-order valence-corrected chi connectivity index (χ0v) is 19.5. The van der Waals surface area contributed by atoms with Crippen molar-refractivity contribution in [1.82, 2.24) is 13.9 Å². The van der Waals surface area contributed by atoms with Crippen molar-refractivity contribution in [2.45, 2.75) is 36.7 Å². The average molecular weight is 459 g/mol. The summed E-state index contributed by atoms with van der Waals surface area (Å²) in [5.41, 5.74) is 2.22. The van der Waals surface area contributed by atoms with E-state index in [2.05, 4.69) is 6.07 Å². The Labute approximate surface area is 187 Å². The molecular formula is C22H26N4O3S2. The van der Waals surface area contributed by atoms with Crippen LogP contribution in [0.15, 0.2) is 52.5 Å². The number of imidazole rings is 1. The van der Waals surface area contributed by atoms with Crippen LogP contribution < -0.4 is 4.74 Å². The quantitative estimate of drug-likeness (QED) is 0.329. The number of sulfonamides is 1. The first-order valence-electron chi connectivity index (χ1n) is 10.1. The Hall–Kier alpha value is -2.54. The summed E-state index contributed by atoms with van der Waals surface area (Å²) in [6.45, 7) is 4.47. The molecule has 0 aliphatic heterocycles. The Morgan fingerprint density at radius 1 is 1.19 bits per heavy atom. The number of thioether (sulfide) groups is 1. The van der Waals surface area contributed by atoms with Crippen molar-refractivity contribution in [3.05, 3.63) is 42.5 Å². The molecule has 2 aromatic carbocycles. The fraction of sp³-hybridized carbons (Fsp3) is 0.364. The summed E-state index contributed by atoms with van der Waals surface area (Å²) in [7, 11) is -1.96. The van der Waals surface area contributed by atoms with Gasteiger partial charge in [-0.25, -0.2) is 13.4 Å². The third kappa shape index (κ3) is 4.71. The number of nitrogens with zero attached hydrogens (tertiary/aromatic N) is 4. The number of nitriles is 1. The van der Waals surface area contributed by atoms with Gasteiger partial charge in [0, 0.05) is 25.3 Å². The molecule has 9 heteroatoms. The van der Waals surface area contributed by atoms with Crippen LogP contribution in [0.3, 0.4) is 0 Å². The second-order valence-corrected chi connectivity index (χ2v) is 9.75. The first kappa shape index (κ1) is 23.1. The summed E-state index contributed by atoms with van der Waals surface area (Å²) in [5, 5.41) is 9.54. The summed E-state index contributed by atoms with van der Waals surface area (Å²) in [5.74, 6) is 1.43. The summed E-state index contributed by atoms with van der Waals surface area (Å²) in [4.78, 5) is 4.98. The maximum absolute atomic E-state index is 13.0. The van der Waals surface area contributed by atoms with Crippen LogP contribution in [-0.2, 0) is 10.0 Å². The van der Waals surface area contributed by atoms with E-state index in [-0.39, 0.29) is 4.90 Å². The lowest BCUT2D eigenvalue weighted by atomic mass is 10.2. The molecule has 0 aliphatic rings. The number of rotatable bonds is 10. The van der Waals surface area contributed by atoms with Gasteiger partial charge >= 0.3 is 0 Å². The molecule has 3 aromatic rings. The first-order valence-corrected chi connectivity index (χ1v) is 12.6. The minimum Gasteiger partial charge on any atom is -0.495 e. The molecule has 1 heterocycles. The summed E-state index contributed by atoms with van der Waals surface area (Å²) in [6.07, 6.45) is 1.23. The Bertz CT molecular complexity index is 1200. The Morgan fingerprint density at radius 3 is 2.61 bits per heavy atom. The van der Waals surface area contributed by atoms with Gasteiger partial charge in [-0.3, -0.25) is 4.57 Å². The maximum Gasteiger partial charge on any atom is 0.243 e. The molecule has 0 bridgehead atoms. The highest BCUT2D eigenvalue weighted by Gasteiger charge is 2.24. The topological polar surface area (TPSA) is 88.2 Å². The number of fused-ring (bicyclic) bond motifs is 1. The molecule has 0 saturated carbocycles. The number of ether oxygens (including phenoxy) is 1. The fourth-order valence-corrected chi connectivity index (χ4v) is 5.81. The molecule has 1 aromatic heterocycles. The predicted molar refractivity (Wildman–Crippen MR) is 123 cm³/mol. The first-order chi connectivity index (χ1) is 15.0. The van der Waals surface area contributed by atoms with Crippen LogP contribution in [0.4, 0.5) is 0 Å². The van der Waals surface area contributed by atoms with E-state index >= 15 is 0 Å². The highest BCUT2D eigenvalue weighted by Crippen LogP contribution is 2.34. The number of hydrogen-bond donors (Lipinski definition) is 0. The van der Waals surface area contributed by atoms with E-state index in [0.29, 0.717) is 30.8 Å². The van der Waals surface area contributed by atoms with Gasteiger partial charge in [0.25, 0.3) is 0 Å². The van der Waals surface area contributed by atoms with E-state index in [1.807, 2.05) is 42.7 Å². The van der Waals surface area contributed by atoms with E-state index in [9.17, 15) is 8.42 Å². The highest BCUT2D eigenvalue weighted by atomic mass is 32.2. The zero-order chi connectivity index (χ0) is 22.4. The lowest BCUT2D eigenvalue weighted by Gasteiger charge is -2.18. The van der Waals surface area contributed by atoms with Gasteiger partial charge in [0.05, 0.1) is 34.8 Å². The Balaban J connectivity index is 2.15. The smallest absolute Gasteiger partial charge is 0.243 e. The van der Waals surface area contributed by atoms with Crippen LogP contribution >= 0.6 is 11.8 Å². The number of methoxy groups -OCH3 is 1. The Morgan fingerprint density at radius 2 is 1.94 bits per heavy atom. The van der Waals surface area contributed by atoms with Gasteiger partial charge in [0.2, 0.25) is 10.0 Å². The van der Waals surface area contributed by atoms with Crippen molar-refractivity contribution < 1.29 is 13.2 Å². The largest absolute Gasteiger partial charge is 0.495 e. The van der Waals surface area contributed by atoms with Crippen LogP contribution in [0.25, 0.3) is 16.7 Å². The van der Waals surface area contributed by atoms with Gasteiger partial charge in [-0.15, -0.1) is 0 Å². The average Bonchev–Trinajstić information content (AvgIpc) is 3.14. The minimum atomic E-state index is -3.58. The molecule has 31 heavy (non-hydrogen) atoms. The number of benzene rings is 2. The summed E-state index contributed by atoms with van der Waals surface area (Å²) < 4.78 is 34.9. The lowest BCUT2D eigenvalue weighted by Crippen LogP contribution is -2.30. The second kappa shape index (κ2) is 10.2. The van der Waals surface area contributed by atoms with Crippen molar-refractivity contribution in [2.24, 2.45) is 0 Å². The fourth-order valence-electron chi connectivity index (χ4n) is 3.37. The maximum atomic E-state index is 13.0. The molecule has 0 N–H and O–H groups in total. The molecule has 0 radical (unpaired) electrons. The normalized spacial score (nSPS) is 11.7. The second-order valence-electron chi connectivity index (χ2n) is 6.75. The van der Waals surface area contributed by atoms with Gasteiger partial charge in [0.1, 0.15) is 5.75 Å². The van der Waals surface area contributed by atoms with Crippen molar-refractivity contribution in [3.63, 3.8) is 0 Å². The number of hydrogen-bond acceptors (Lipinski definition) is 6. The van der Waals surface area contributed by atoms with Crippen LogP contribution in [0, 0.1) is 11.3 Å². The highest BCUT2D eigenvalue weighted by molar-refractivity contribution is 7.99. The standard InChI is InChI=1S/C22H26N4O3S2/c1-4-25(5-2)31(27,28)17-12-13-19-18(16-17)24-22(30-15-9-8-14-23)26(19)20-10-6-7-11-21(20)29-3/h6-7,10-13,16H,4-5,8-9,15H2,1-3H3. The molecule has 3 rings (SSSR count). The molecule has 0 fully saturated rings. The van der Waals surface area contributed by atoms with Crippen molar-refractivity contribution >= 4 is 32.8 Å². The van der Waals surface area contributed by atoms with Gasteiger partial charge < -0.3 is 4.74 Å². The molecule has 0 atom stereocenters. The third-order valence-electron chi connectivity index (χ3n) is 4.93. The van der Waals surface area contributed by atoms with Crippen molar-refractivity contribution in [1.29, 1.82) is 5.26 Å². The van der Waals surface area contributed by atoms with Gasteiger partial charge in [-0.2, -0.15) is 9.57 Å². The van der Waals surface area contributed by atoms with Crippen LogP contribution in [-0.4, -0.2) is 48.2 Å². The zero-order valence-electron chi connectivity index (χ0n) is 17.9. The van der Waals surface area contributed by atoms with Crippen LogP contribution in [0.5, 0.6) is 5.75 Å². The molecule has 0 saturated heterocycles. The van der Waals surface area contributed by atoms with Gasteiger partial charge in [-0.1, -0.05) is 37.7 Å². The predicted octanol–water partition coefficient (Wildman–Crippen LogP) is 4.46. The lowest BCUT2D eigenvalue weighted by molar-refractivity contribution is 0.412. The van der Waals surface area contributed by atoms with E-state index < -0.39 is 10.0 Å². The van der Waals surface area contributed by atoms with Crippen LogP contribution in [0.2, 0.25) is 0 Å². The van der Waals surface area contributed by atoms with Gasteiger partial charge in [0.15, 0.2) is 5.16 Å². The van der Waals surface area contributed by atoms with E-state index in [1.165, 1.54) is 4.31 Å². The minimum absolute atomic E-state index is 0.231. The molecule has 0 aliphatic carbocycles. The molecule has 0 amide bonds. The van der Waals surface area contributed by atoms with Crippen molar-refractivity contribution in [2.75, 3.05) is 26.0 Å². The van der Waals surface area contributed by atoms with Crippen LogP contribution in [0.1, 0.15) is 26.7 Å². The number of aromatic nitrogens is 2. The molecule has 164 valence electrons. The molecule has 7 nitrogen and oxygen atoms in total. The SMILES string of the molecule is CCN(CC)S(=O)(=O)c1ccc2c(c1)nc(SCCCC#N)n2-c1ccccc1OC. The summed E-state index contributed by atoms with van der Waals surface area (Å²) >= 11 is 1.54. The molecule has 0 unspecified atom stereocenters. The number of unbranched alkanes of at least 4 members (excludes halogenated alkanes) is 1. The Kier molecular flexibility index (Phi) is 7.59. The van der Waals surface area contributed by atoms with E-state index in [1.54, 1.807) is 37.1 Å². The van der Waals surface area contributed by atoms with E-state index in [4.69, 9.17) is 15.0 Å². The van der Waals surface area contributed by atoms with Gasteiger partial charge in [-0.05, 0) is 36.8 Å². The monoisotopic (exact) mass is 458 g/mol.